The molecular formula is C102H120N6O6S6. The Bertz CT molecular complexity index is 4760. The monoisotopic (exact) mass is 1720 g/mol. The Hall–Kier alpha value is -8.64. The smallest absolute Gasteiger partial charge is 0.261 e. The van der Waals surface area contributed by atoms with Gasteiger partial charge in [-0.3, -0.25) is 28.8 Å². The van der Waals surface area contributed by atoms with Gasteiger partial charge in [0.15, 0.2) is 0 Å². The van der Waals surface area contributed by atoms with Crippen molar-refractivity contribution >= 4 is 138 Å². The molecule has 0 saturated carbocycles. The molecule has 0 N–H and O–H groups in total. The summed E-state index contributed by atoms with van der Waals surface area (Å²) in [6, 6.07) is 30.3. The second-order valence-corrected chi connectivity index (χ2v) is 39.4. The maximum Gasteiger partial charge on any atom is 0.261 e. The lowest BCUT2D eigenvalue weighted by Gasteiger charge is -2.29. The van der Waals surface area contributed by atoms with E-state index in [1.165, 1.54) is 34.0 Å². The lowest BCUT2D eigenvalue weighted by atomic mass is 9.98. The Kier molecular flexibility index (Phi) is 31.2. The average Bonchev–Trinajstić information content (AvgIpc) is 1.57. The predicted molar refractivity (Wildman–Crippen MR) is 502 cm³/mol. The zero-order valence-electron chi connectivity index (χ0n) is 72.7. The fourth-order valence-corrected chi connectivity index (χ4v) is 23.0. The molecule has 0 spiro atoms. The first kappa shape index (κ1) is 89.1. The number of rotatable bonds is 42. The van der Waals surface area contributed by atoms with Crippen molar-refractivity contribution in [1.29, 1.82) is 0 Å². The van der Waals surface area contributed by atoms with Crippen LogP contribution in [0.15, 0.2) is 141 Å². The zero-order valence-corrected chi connectivity index (χ0v) is 77.6. The highest BCUT2D eigenvalue weighted by atomic mass is 32.1. The maximum absolute atomic E-state index is 15.5. The lowest BCUT2D eigenvalue weighted by molar-refractivity contribution is -0.124. The molecule has 120 heavy (non-hydrogen) atoms. The second-order valence-electron chi connectivity index (χ2n) is 33.3. The molecule has 6 aromatic heterocycles. The van der Waals surface area contributed by atoms with Crippen LogP contribution in [0.1, 0.15) is 298 Å². The van der Waals surface area contributed by atoms with Gasteiger partial charge in [-0.1, -0.05) is 252 Å². The summed E-state index contributed by atoms with van der Waals surface area (Å²) in [5.41, 5.74) is 9.29. The van der Waals surface area contributed by atoms with Crippen molar-refractivity contribution < 1.29 is 28.8 Å². The molecule has 0 bridgehead atoms. The van der Waals surface area contributed by atoms with Gasteiger partial charge in [0.2, 0.25) is 0 Å². The number of benzene rings is 1. The van der Waals surface area contributed by atoms with Gasteiger partial charge in [0.25, 0.3) is 35.4 Å². The van der Waals surface area contributed by atoms with Crippen molar-refractivity contribution in [3.8, 4) is 35.5 Å². The van der Waals surface area contributed by atoms with E-state index in [-0.39, 0.29) is 71.0 Å². The summed E-state index contributed by atoms with van der Waals surface area (Å²) in [6.07, 6.45) is 24.2. The Morgan fingerprint density at radius 3 is 0.633 bits per heavy atom. The van der Waals surface area contributed by atoms with Gasteiger partial charge in [0.05, 0.1) is 112 Å². The summed E-state index contributed by atoms with van der Waals surface area (Å²) >= 11 is 9.21. The number of thiophene rings is 6. The van der Waals surface area contributed by atoms with Gasteiger partial charge in [-0.2, -0.15) is 0 Å². The molecule has 18 heteroatoms. The lowest BCUT2D eigenvalue weighted by Crippen LogP contribution is -2.34. The molecule has 6 aliphatic heterocycles. The molecule has 0 aliphatic carbocycles. The molecule has 0 saturated heterocycles. The van der Waals surface area contributed by atoms with Crippen molar-refractivity contribution in [3.05, 3.63) is 201 Å². The molecule has 6 unspecified atom stereocenters. The first-order chi connectivity index (χ1) is 58.5. The highest BCUT2D eigenvalue weighted by Gasteiger charge is 2.54. The van der Waals surface area contributed by atoms with Gasteiger partial charge >= 0.3 is 0 Å². The molecule has 6 aliphatic rings. The number of fused-ring (bicyclic) bond motifs is 3. The summed E-state index contributed by atoms with van der Waals surface area (Å²) in [5.74, 6) is 22.2. The summed E-state index contributed by atoms with van der Waals surface area (Å²) in [7, 11) is 0. The molecule has 13 rings (SSSR count). The second kappa shape index (κ2) is 42.0. The topological polar surface area (TPSA) is 122 Å². The largest absolute Gasteiger partial charge is 0.306 e. The highest BCUT2D eigenvalue weighted by Crippen LogP contribution is 2.54. The minimum absolute atomic E-state index is 0.111. The van der Waals surface area contributed by atoms with Crippen LogP contribution in [-0.4, -0.2) is 104 Å². The van der Waals surface area contributed by atoms with E-state index in [0.29, 0.717) is 106 Å². The van der Waals surface area contributed by atoms with Gasteiger partial charge in [-0.05, 0) is 163 Å². The van der Waals surface area contributed by atoms with Gasteiger partial charge in [-0.25, -0.2) is 0 Å². The molecule has 1 aromatic carbocycles. The number of hydrogen-bond donors (Lipinski definition) is 0. The highest BCUT2D eigenvalue weighted by molar-refractivity contribution is 7.15. The number of carbonyl (C=O) groups is 6. The molecule has 0 radical (unpaired) electrons. The minimum Gasteiger partial charge on any atom is -0.306 e. The van der Waals surface area contributed by atoms with Crippen molar-refractivity contribution in [2.75, 3.05) is 39.3 Å². The molecule has 6 amide bonds. The molecular weight excluding hydrogens is 1600 g/mol. The zero-order chi connectivity index (χ0) is 84.7. The molecule has 0 fully saturated rings. The maximum atomic E-state index is 15.5. The van der Waals surface area contributed by atoms with E-state index in [2.05, 4.69) is 119 Å². The SMILES string of the molecule is CCCCC(CC)CN1C(=O)C2=C(c3ccc(C#Cc4cc(C#Cc5ccc(C6=C7C(=O)N(CC(CC)CCCC)C(c8cccs8)=C7C(=O)N6CC(CC)CCCC)s5)cc(C#Cc5ccc(C6=C7C(=O)N(CC(CC)CCCC)C(c8cccs8)=C7C(=O)N6CC(CC)CCCC)s5)c4)s3)N(CC(CC)CCCC)C(=O)C2=C1c1cccs1. The Morgan fingerprint density at radius 1 is 0.258 bits per heavy atom. The molecule has 630 valence electrons. The molecule has 12 heterocycles. The number of hydrogen-bond acceptors (Lipinski definition) is 12. The first-order valence-electron chi connectivity index (χ1n) is 45.0. The van der Waals surface area contributed by atoms with E-state index in [1.54, 1.807) is 34.0 Å². The predicted octanol–water partition coefficient (Wildman–Crippen LogP) is 25.0. The fourth-order valence-electron chi connectivity index (χ4n) is 17.9. The van der Waals surface area contributed by atoms with E-state index in [0.717, 1.165) is 215 Å². The summed E-state index contributed by atoms with van der Waals surface area (Å²) < 4.78 is 0. The van der Waals surface area contributed by atoms with E-state index in [4.69, 9.17) is 0 Å². The third-order valence-corrected chi connectivity index (χ3v) is 30.8. The summed E-state index contributed by atoms with van der Waals surface area (Å²) in [6.45, 7) is 29.6. The number of amides is 6. The van der Waals surface area contributed by atoms with E-state index < -0.39 is 0 Å². The van der Waals surface area contributed by atoms with E-state index in [9.17, 15) is 0 Å². The van der Waals surface area contributed by atoms with Crippen molar-refractivity contribution in [2.45, 2.75) is 237 Å². The first-order valence-corrected chi connectivity index (χ1v) is 50.1. The van der Waals surface area contributed by atoms with Crippen LogP contribution in [0.2, 0.25) is 0 Å². The van der Waals surface area contributed by atoms with Crippen LogP contribution in [0, 0.1) is 71.0 Å². The number of carbonyl (C=O) groups excluding carboxylic acids is 6. The number of unbranched alkanes of at least 4 members (excludes halogenated alkanes) is 6. The molecule has 7 aromatic rings. The van der Waals surface area contributed by atoms with Crippen molar-refractivity contribution in [3.63, 3.8) is 0 Å². The van der Waals surface area contributed by atoms with Gasteiger partial charge in [0.1, 0.15) is 0 Å². The third-order valence-electron chi connectivity index (χ3n) is 25.2. The van der Waals surface area contributed by atoms with Crippen LogP contribution in [0.4, 0.5) is 0 Å². The number of nitrogens with zero attached hydrogens (tertiary/aromatic N) is 6. The van der Waals surface area contributed by atoms with Crippen LogP contribution in [0.3, 0.4) is 0 Å². The van der Waals surface area contributed by atoms with Crippen molar-refractivity contribution in [2.24, 2.45) is 35.5 Å². The van der Waals surface area contributed by atoms with E-state index in [1.807, 2.05) is 137 Å². The van der Waals surface area contributed by atoms with Crippen LogP contribution in [0.5, 0.6) is 0 Å². The molecule has 6 atom stereocenters. The van der Waals surface area contributed by atoms with Crippen LogP contribution < -0.4 is 0 Å². The van der Waals surface area contributed by atoms with Gasteiger partial charge in [-0.15, -0.1) is 68.0 Å². The van der Waals surface area contributed by atoms with Crippen LogP contribution in [-0.2, 0) is 28.8 Å². The minimum atomic E-state index is -0.111. The van der Waals surface area contributed by atoms with E-state index >= 15 is 28.8 Å². The quantitative estimate of drug-likeness (QED) is 0.0351. The Labute approximate surface area is 738 Å². The van der Waals surface area contributed by atoms with Crippen molar-refractivity contribution in [1.82, 2.24) is 29.4 Å². The summed E-state index contributed by atoms with van der Waals surface area (Å²) in [5, 5.41) is 6.09. The summed E-state index contributed by atoms with van der Waals surface area (Å²) in [4.78, 5) is 112. The molecule has 12 nitrogen and oxygen atoms in total. The van der Waals surface area contributed by atoms with Gasteiger partial charge < -0.3 is 29.4 Å². The Morgan fingerprint density at radius 2 is 0.458 bits per heavy atom. The Balaban J connectivity index is 0.918. The normalized spacial score (nSPS) is 16.9. The average molecular weight is 1720 g/mol. The third kappa shape index (κ3) is 19.2. The van der Waals surface area contributed by atoms with Crippen LogP contribution in [0.25, 0.3) is 34.2 Å². The fraction of sp³-hybridized carbons (Fsp3) is 0.471. The van der Waals surface area contributed by atoms with Crippen LogP contribution >= 0.6 is 68.0 Å². The standard InChI is InChI=1S/C102H120N6O6S6/c1-13-25-34-67(19-7)61-103-91(79-40-31-55-115-79)85-88(100(103)112)94(106(97(85)109)64-70(22-10)37-28-16-4)82-52-49-76(118-82)46-43-73-58-74(44-47-77-50-53-83(119-77)95-89-86(98(110)107(95)65-71(23-11)38-29-17-5)92(80-41-32-56-116-80)104(101(89)113)62-68(20-8)35-26-14-2)60-75(59-73)45-48-78-51-54-84(120-78)96-90-87(99(111)108(96)66-72(24-12)39-30-18-6)93(81-42-33-57-117-81)105(102(90)114)63-69(21-9)36-27-15-3/h31-33,40-42,49-60,67-72H,13-30,34-39,61-66H2,1-12H3. The van der Waals surface area contributed by atoms with Gasteiger partial charge in [0, 0.05) is 56.0 Å².